The Bertz CT molecular complexity index is 974. The predicted octanol–water partition coefficient (Wildman–Crippen LogP) is 6.28. The number of ether oxygens (including phenoxy) is 1. The fraction of sp³-hybridized carbons (Fsp3) is 0.417. The summed E-state index contributed by atoms with van der Waals surface area (Å²) in [5.74, 6) is -0.914. The fourth-order valence-corrected chi connectivity index (χ4v) is 3.31. The van der Waals surface area contributed by atoms with Crippen molar-refractivity contribution in [3.8, 4) is 5.75 Å². The second-order valence-electron chi connectivity index (χ2n) is 9.05. The van der Waals surface area contributed by atoms with Gasteiger partial charge in [-0.05, 0) is 47.1 Å². The maximum atomic E-state index is 13.2. The largest absolute Gasteiger partial charge is 0.496 e. The van der Waals surface area contributed by atoms with Gasteiger partial charge in [-0.25, -0.2) is 4.79 Å². The number of carbonyl (C=O) groups is 2. The van der Waals surface area contributed by atoms with Gasteiger partial charge in [-0.1, -0.05) is 59.2 Å². The van der Waals surface area contributed by atoms with Crippen LogP contribution in [0.3, 0.4) is 0 Å². The highest BCUT2D eigenvalue weighted by molar-refractivity contribution is 6.34. The first-order valence-electron chi connectivity index (χ1n) is 9.89. The number of carbonyl (C=O) groups excluding carboxylic acids is 1. The van der Waals surface area contributed by atoms with Crippen molar-refractivity contribution in [1.29, 1.82) is 0 Å². The molecule has 5 nitrogen and oxygen atoms in total. The van der Waals surface area contributed by atoms with E-state index in [1.165, 1.54) is 18.2 Å². The highest BCUT2D eigenvalue weighted by atomic mass is 35.5. The van der Waals surface area contributed by atoms with Crippen LogP contribution in [0.4, 0.5) is 5.69 Å². The highest BCUT2D eigenvalue weighted by Crippen LogP contribution is 2.40. The SMILES string of the molecule is CCC(C)(C)c1cc(C(C)(C)C)cc(C(=O)Nc2ccc(C(=O)O)cc2Cl)c1OC. The van der Waals surface area contributed by atoms with Gasteiger partial charge in [0.25, 0.3) is 5.91 Å². The molecule has 2 N–H and O–H groups in total. The van der Waals surface area contributed by atoms with Gasteiger partial charge in [-0.3, -0.25) is 4.79 Å². The summed E-state index contributed by atoms with van der Waals surface area (Å²) in [6.07, 6.45) is 0.875. The van der Waals surface area contributed by atoms with Gasteiger partial charge in [0.2, 0.25) is 0 Å². The average molecular weight is 432 g/mol. The number of benzene rings is 2. The van der Waals surface area contributed by atoms with Crippen molar-refractivity contribution in [3.05, 3.63) is 57.6 Å². The van der Waals surface area contributed by atoms with Crippen LogP contribution in [-0.4, -0.2) is 24.1 Å². The molecule has 0 aliphatic carbocycles. The summed E-state index contributed by atoms with van der Waals surface area (Å²) in [6.45, 7) is 12.6. The number of hydrogen-bond donors (Lipinski definition) is 2. The van der Waals surface area contributed by atoms with Gasteiger partial charge < -0.3 is 15.2 Å². The number of halogens is 1. The zero-order valence-electron chi connectivity index (χ0n) is 18.6. The van der Waals surface area contributed by atoms with E-state index in [1.54, 1.807) is 7.11 Å². The number of aromatic carboxylic acids is 1. The van der Waals surface area contributed by atoms with Gasteiger partial charge in [0.05, 0.1) is 28.9 Å². The Morgan fingerprint density at radius 3 is 2.20 bits per heavy atom. The molecule has 0 spiro atoms. The summed E-state index contributed by atoms with van der Waals surface area (Å²) in [4.78, 5) is 24.4. The standard InChI is InChI=1S/C24H30ClNO4/c1-8-24(5,6)17-13-15(23(2,3)4)12-16(20(17)30-7)21(27)26-19-10-9-14(22(28)29)11-18(19)25/h9-13H,8H2,1-7H3,(H,26,27)(H,28,29). The lowest BCUT2D eigenvalue weighted by Crippen LogP contribution is -2.23. The first-order chi connectivity index (χ1) is 13.8. The van der Waals surface area contributed by atoms with E-state index in [0.29, 0.717) is 17.0 Å². The highest BCUT2D eigenvalue weighted by Gasteiger charge is 2.30. The molecular weight excluding hydrogens is 402 g/mol. The molecular formula is C24H30ClNO4. The summed E-state index contributed by atoms with van der Waals surface area (Å²) >= 11 is 6.20. The smallest absolute Gasteiger partial charge is 0.335 e. The molecule has 2 aromatic carbocycles. The predicted molar refractivity (Wildman–Crippen MR) is 121 cm³/mol. The van der Waals surface area contributed by atoms with Gasteiger partial charge in [0, 0.05) is 5.56 Å². The minimum atomic E-state index is -1.08. The van der Waals surface area contributed by atoms with E-state index in [0.717, 1.165) is 17.5 Å². The molecule has 1 amide bonds. The Kier molecular flexibility index (Phi) is 6.87. The summed E-state index contributed by atoms with van der Waals surface area (Å²) in [5.41, 5.74) is 2.45. The van der Waals surface area contributed by atoms with Crippen molar-refractivity contribution in [2.24, 2.45) is 0 Å². The zero-order valence-corrected chi connectivity index (χ0v) is 19.4. The molecule has 2 rings (SSSR count). The number of amides is 1. The van der Waals surface area contributed by atoms with Gasteiger partial charge in [-0.15, -0.1) is 0 Å². The van der Waals surface area contributed by atoms with Crippen LogP contribution in [0.15, 0.2) is 30.3 Å². The number of hydrogen-bond acceptors (Lipinski definition) is 3. The van der Waals surface area contributed by atoms with Crippen molar-refractivity contribution in [3.63, 3.8) is 0 Å². The molecule has 0 aliphatic heterocycles. The maximum absolute atomic E-state index is 13.2. The Hall–Kier alpha value is -2.53. The van der Waals surface area contributed by atoms with Crippen molar-refractivity contribution in [1.82, 2.24) is 0 Å². The van der Waals surface area contributed by atoms with Crippen molar-refractivity contribution in [2.45, 2.75) is 58.8 Å². The summed E-state index contributed by atoms with van der Waals surface area (Å²) in [7, 11) is 1.56. The third kappa shape index (κ3) is 4.96. The molecule has 162 valence electrons. The van der Waals surface area contributed by atoms with Gasteiger partial charge in [-0.2, -0.15) is 0 Å². The van der Waals surface area contributed by atoms with E-state index in [4.69, 9.17) is 21.4 Å². The molecule has 30 heavy (non-hydrogen) atoms. The van der Waals surface area contributed by atoms with E-state index >= 15 is 0 Å². The number of nitrogens with one attached hydrogen (secondary N) is 1. The molecule has 0 atom stereocenters. The van der Waals surface area contributed by atoms with Gasteiger partial charge >= 0.3 is 5.97 Å². The van der Waals surface area contributed by atoms with Crippen LogP contribution in [-0.2, 0) is 10.8 Å². The van der Waals surface area contributed by atoms with Crippen LogP contribution in [0, 0.1) is 0 Å². The Balaban J connectivity index is 2.60. The van der Waals surface area contributed by atoms with E-state index in [2.05, 4.69) is 52.9 Å². The summed E-state index contributed by atoms with van der Waals surface area (Å²) in [5, 5.41) is 12.1. The Labute approximate surface area is 183 Å². The first-order valence-corrected chi connectivity index (χ1v) is 10.3. The number of carboxylic acid groups (broad SMARTS) is 1. The van der Waals surface area contributed by atoms with Crippen LogP contribution in [0.5, 0.6) is 5.75 Å². The Morgan fingerprint density at radius 2 is 1.73 bits per heavy atom. The van der Waals surface area contributed by atoms with Crippen LogP contribution in [0.25, 0.3) is 0 Å². The number of anilines is 1. The lowest BCUT2D eigenvalue weighted by molar-refractivity contribution is 0.0696. The third-order valence-electron chi connectivity index (χ3n) is 5.48. The Morgan fingerprint density at radius 1 is 1.10 bits per heavy atom. The van der Waals surface area contributed by atoms with Crippen LogP contribution < -0.4 is 10.1 Å². The monoisotopic (exact) mass is 431 g/mol. The van der Waals surface area contributed by atoms with E-state index in [9.17, 15) is 9.59 Å². The molecule has 0 heterocycles. The van der Waals surface area contributed by atoms with Crippen molar-refractivity contribution in [2.75, 3.05) is 12.4 Å². The third-order valence-corrected chi connectivity index (χ3v) is 5.79. The molecule has 2 aromatic rings. The normalized spacial score (nSPS) is 11.9. The molecule has 0 bridgehead atoms. The first kappa shape index (κ1) is 23.7. The minimum Gasteiger partial charge on any atom is -0.496 e. The second kappa shape index (κ2) is 8.68. The lowest BCUT2D eigenvalue weighted by atomic mass is 9.76. The number of rotatable bonds is 6. The van der Waals surface area contributed by atoms with Gasteiger partial charge in [0.15, 0.2) is 0 Å². The van der Waals surface area contributed by atoms with E-state index in [-0.39, 0.29) is 27.3 Å². The van der Waals surface area contributed by atoms with Crippen LogP contribution >= 0.6 is 11.6 Å². The van der Waals surface area contributed by atoms with Crippen LogP contribution in [0.1, 0.15) is 79.8 Å². The summed E-state index contributed by atoms with van der Waals surface area (Å²) in [6, 6.07) is 8.17. The maximum Gasteiger partial charge on any atom is 0.335 e. The molecule has 0 radical (unpaired) electrons. The molecule has 0 saturated heterocycles. The minimum absolute atomic E-state index is 0.0530. The molecule has 0 unspecified atom stereocenters. The number of methoxy groups -OCH3 is 1. The molecule has 0 saturated carbocycles. The molecule has 0 aromatic heterocycles. The molecule has 0 aliphatic rings. The average Bonchev–Trinajstić information content (AvgIpc) is 2.67. The summed E-state index contributed by atoms with van der Waals surface area (Å²) < 4.78 is 5.70. The zero-order chi connectivity index (χ0) is 22.9. The fourth-order valence-electron chi connectivity index (χ4n) is 3.08. The molecule has 6 heteroatoms. The quantitative estimate of drug-likeness (QED) is 0.563. The number of carboxylic acids is 1. The van der Waals surface area contributed by atoms with E-state index in [1.807, 2.05) is 6.07 Å². The van der Waals surface area contributed by atoms with E-state index < -0.39 is 5.97 Å². The van der Waals surface area contributed by atoms with Crippen molar-refractivity contribution >= 4 is 29.2 Å². The van der Waals surface area contributed by atoms with Gasteiger partial charge in [0.1, 0.15) is 5.75 Å². The second-order valence-corrected chi connectivity index (χ2v) is 9.45. The topological polar surface area (TPSA) is 75.6 Å². The van der Waals surface area contributed by atoms with Crippen molar-refractivity contribution < 1.29 is 19.4 Å². The lowest BCUT2D eigenvalue weighted by Gasteiger charge is -2.30. The van der Waals surface area contributed by atoms with Crippen LogP contribution in [0.2, 0.25) is 5.02 Å². The molecule has 0 fully saturated rings.